The minimum absolute atomic E-state index is 0.0119. The summed E-state index contributed by atoms with van der Waals surface area (Å²) in [7, 11) is 0. The number of nitrogens with zero attached hydrogens (tertiary/aromatic N) is 3. The Morgan fingerprint density at radius 2 is 1.43 bits per heavy atom. The second-order valence-electron chi connectivity index (χ2n) is 9.52. The van der Waals surface area contributed by atoms with Gasteiger partial charge in [-0.05, 0) is 31.0 Å². The minimum Gasteiger partial charge on any atom is -0.493 e. The van der Waals surface area contributed by atoms with Crippen molar-refractivity contribution in [3.63, 3.8) is 0 Å². The molecule has 1 aromatic carbocycles. The topological polar surface area (TPSA) is 50.9 Å². The van der Waals surface area contributed by atoms with Crippen molar-refractivity contribution < 1.29 is 18.3 Å². The third kappa shape index (κ3) is 7.02. The highest BCUT2D eigenvalue weighted by molar-refractivity contribution is 6.36. The molecule has 0 bridgehead atoms. The molecule has 1 N–H and O–H groups in total. The van der Waals surface area contributed by atoms with Crippen molar-refractivity contribution in [3.8, 4) is 5.88 Å². The van der Waals surface area contributed by atoms with Crippen LogP contribution in [0.5, 0.6) is 5.88 Å². The van der Waals surface area contributed by atoms with Gasteiger partial charge in [0.15, 0.2) is 5.65 Å². The lowest BCUT2D eigenvalue weighted by Crippen LogP contribution is -2.10. The Morgan fingerprint density at radius 3 is 2.06 bits per heavy atom. The molecule has 0 saturated heterocycles. The van der Waals surface area contributed by atoms with Crippen LogP contribution in [-0.2, 0) is 6.18 Å². The maximum absolute atomic E-state index is 13.2. The van der Waals surface area contributed by atoms with Crippen molar-refractivity contribution in [1.29, 1.82) is 0 Å². The number of aromatic hydroxyl groups is 1. The number of hydrogen-bond acceptors (Lipinski definition) is 3. The van der Waals surface area contributed by atoms with E-state index >= 15 is 0 Å². The van der Waals surface area contributed by atoms with Gasteiger partial charge in [-0.1, -0.05) is 96.1 Å². The van der Waals surface area contributed by atoms with Gasteiger partial charge in [-0.3, -0.25) is 4.57 Å². The number of halogens is 4. The highest BCUT2D eigenvalue weighted by Crippen LogP contribution is 2.40. The zero-order chi connectivity index (χ0) is 25.4. The van der Waals surface area contributed by atoms with Gasteiger partial charge in [-0.25, -0.2) is 9.97 Å². The summed E-state index contributed by atoms with van der Waals surface area (Å²) in [6.45, 7) is 4.37. The Bertz CT molecular complexity index is 1100. The molecule has 194 valence electrons. The van der Waals surface area contributed by atoms with Gasteiger partial charge >= 0.3 is 6.18 Å². The Kier molecular flexibility index (Phi) is 10.1. The molecule has 0 fully saturated rings. The first-order valence-corrected chi connectivity index (χ1v) is 13.4. The van der Waals surface area contributed by atoms with Crippen molar-refractivity contribution in [2.75, 3.05) is 0 Å². The molecule has 1 unspecified atom stereocenters. The van der Waals surface area contributed by atoms with Gasteiger partial charge in [-0.15, -0.1) is 0 Å². The van der Waals surface area contributed by atoms with Crippen LogP contribution in [0.3, 0.4) is 0 Å². The molecule has 2 aromatic heterocycles. The lowest BCUT2D eigenvalue weighted by Gasteiger charge is -2.21. The van der Waals surface area contributed by atoms with Crippen LogP contribution in [-0.4, -0.2) is 19.6 Å². The van der Waals surface area contributed by atoms with Crippen molar-refractivity contribution >= 4 is 33.8 Å². The van der Waals surface area contributed by atoms with E-state index in [1.807, 2.05) is 0 Å². The maximum Gasteiger partial charge on any atom is 0.416 e. The Morgan fingerprint density at radius 1 is 0.857 bits per heavy atom. The van der Waals surface area contributed by atoms with Crippen molar-refractivity contribution in [3.05, 3.63) is 28.8 Å². The highest BCUT2D eigenvalue weighted by Gasteiger charge is 2.31. The third-order valence-corrected chi connectivity index (χ3v) is 7.08. The molecule has 4 nitrogen and oxygen atoms in total. The van der Waals surface area contributed by atoms with Crippen LogP contribution in [0.4, 0.5) is 13.2 Å². The zero-order valence-corrected chi connectivity index (χ0v) is 21.6. The van der Waals surface area contributed by atoms with E-state index in [1.165, 1.54) is 44.6 Å². The second kappa shape index (κ2) is 12.8. The molecule has 0 aliphatic rings. The summed E-state index contributed by atoms with van der Waals surface area (Å²) < 4.78 is 41.3. The molecule has 0 amide bonds. The summed E-state index contributed by atoms with van der Waals surface area (Å²) >= 11 is 6.43. The smallest absolute Gasteiger partial charge is 0.416 e. The average molecular weight is 512 g/mol. The van der Waals surface area contributed by atoms with Gasteiger partial charge in [0.05, 0.1) is 16.6 Å². The fourth-order valence-corrected chi connectivity index (χ4v) is 4.96. The number of hydrogen-bond donors (Lipinski definition) is 1. The monoisotopic (exact) mass is 511 g/mol. The number of unbranched alkanes of at least 4 members (excludes halogenated alkanes) is 9. The van der Waals surface area contributed by atoms with Gasteiger partial charge in [0.1, 0.15) is 10.5 Å². The lowest BCUT2D eigenvalue weighted by atomic mass is 10.0. The first-order chi connectivity index (χ1) is 16.8. The fraction of sp³-hybridized carbons (Fsp3) is 0.630. The Hall–Kier alpha value is -2.02. The van der Waals surface area contributed by atoms with E-state index in [9.17, 15) is 18.3 Å². The Labute approximate surface area is 210 Å². The predicted octanol–water partition coefficient (Wildman–Crippen LogP) is 9.61. The molecular formula is C27H37ClF3N3O. The van der Waals surface area contributed by atoms with Crippen LogP contribution >= 0.6 is 11.6 Å². The molecular weight excluding hydrogens is 475 g/mol. The van der Waals surface area contributed by atoms with Crippen LogP contribution in [0.15, 0.2) is 18.2 Å². The summed E-state index contributed by atoms with van der Waals surface area (Å²) in [5.41, 5.74) is 0.344. The maximum atomic E-state index is 13.2. The molecule has 0 aliphatic carbocycles. The minimum atomic E-state index is -4.47. The molecule has 0 saturated carbocycles. The quantitative estimate of drug-likeness (QED) is 0.219. The van der Waals surface area contributed by atoms with Crippen LogP contribution in [0, 0.1) is 0 Å². The molecule has 2 heterocycles. The summed E-state index contributed by atoms with van der Waals surface area (Å²) in [6, 6.07) is 3.33. The number of alkyl halides is 3. The van der Waals surface area contributed by atoms with Crippen LogP contribution in [0.2, 0.25) is 5.02 Å². The number of benzene rings is 1. The molecule has 0 radical (unpaired) electrons. The van der Waals surface area contributed by atoms with Crippen molar-refractivity contribution in [2.24, 2.45) is 0 Å². The van der Waals surface area contributed by atoms with Crippen molar-refractivity contribution in [1.82, 2.24) is 14.5 Å². The van der Waals surface area contributed by atoms with E-state index < -0.39 is 11.7 Å². The lowest BCUT2D eigenvalue weighted by molar-refractivity contribution is -0.137. The van der Waals surface area contributed by atoms with Gasteiger partial charge in [0.2, 0.25) is 5.88 Å². The van der Waals surface area contributed by atoms with Gasteiger partial charge < -0.3 is 5.11 Å². The molecule has 35 heavy (non-hydrogen) atoms. The summed E-state index contributed by atoms with van der Waals surface area (Å²) in [5, 5.41) is 11.0. The third-order valence-electron chi connectivity index (χ3n) is 6.73. The first-order valence-electron chi connectivity index (χ1n) is 13.0. The summed E-state index contributed by atoms with van der Waals surface area (Å²) in [5.74, 6) is -0.103. The zero-order valence-electron chi connectivity index (χ0n) is 20.8. The van der Waals surface area contributed by atoms with Crippen LogP contribution < -0.4 is 0 Å². The molecule has 3 aromatic rings. The second-order valence-corrected chi connectivity index (χ2v) is 9.90. The van der Waals surface area contributed by atoms with E-state index in [0.717, 1.165) is 57.1 Å². The average Bonchev–Trinajstić information content (AvgIpc) is 3.06. The standard InChI is InChI=1S/C27H37ClF3N3O/c1-3-5-7-8-9-10-11-13-15-20(14-12-6-4-2)34-25-24(23(28)26(34)35)32-22-18-19(27(29,30)31)16-17-21(22)33-25/h16-18,20,35H,3-15H2,1-2H3. The molecule has 8 heteroatoms. The van der Waals surface area contributed by atoms with E-state index in [4.69, 9.17) is 11.6 Å². The van der Waals surface area contributed by atoms with E-state index in [-0.39, 0.29) is 28.0 Å². The van der Waals surface area contributed by atoms with Crippen molar-refractivity contribution in [2.45, 2.75) is 110 Å². The van der Waals surface area contributed by atoms with Gasteiger partial charge in [-0.2, -0.15) is 13.2 Å². The number of rotatable bonds is 14. The van der Waals surface area contributed by atoms with Gasteiger partial charge in [0.25, 0.3) is 0 Å². The molecule has 3 rings (SSSR count). The molecule has 0 aliphatic heterocycles. The van der Waals surface area contributed by atoms with E-state index in [2.05, 4.69) is 23.8 Å². The highest BCUT2D eigenvalue weighted by atomic mass is 35.5. The van der Waals surface area contributed by atoms with E-state index in [0.29, 0.717) is 11.2 Å². The van der Waals surface area contributed by atoms with Crippen LogP contribution in [0.1, 0.15) is 109 Å². The predicted molar refractivity (Wildman–Crippen MR) is 137 cm³/mol. The molecule has 0 spiro atoms. The largest absolute Gasteiger partial charge is 0.493 e. The number of aromatic nitrogens is 3. The molecule has 1 atom stereocenters. The summed E-state index contributed by atoms with van der Waals surface area (Å²) in [6.07, 6.45) is 10.3. The Balaban J connectivity index is 1.85. The van der Waals surface area contributed by atoms with Crippen LogP contribution in [0.25, 0.3) is 22.2 Å². The van der Waals surface area contributed by atoms with E-state index in [1.54, 1.807) is 4.57 Å². The first kappa shape index (κ1) is 27.6. The number of fused-ring (bicyclic) bond motifs is 2. The summed E-state index contributed by atoms with van der Waals surface area (Å²) in [4.78, 5) is 8.99. The fourth-order valence-electron chi connectivity index (χ4n) is 4.74. The normalized spacial score (nSPS) is 13.2. The SMILES string of the molecule is CCCCCCCCCCC(CCCCC)n1c(O)c(Cl)c2nc3cc(C(F)(F)F)ccc3nc21. The van der Waals surface area contributed by atoms with Gasteiger partial charge in [0, 0.05) is 6.04 Å².